The monoisotopic (exact) mass is 292 g/mol. The van der Waals surface area contributed by atoms with Gasteiger partial charge in [0.05, 0.1) is 16.5 Å². The number of benzene rings is 1. The minimum Gasteiger partial charge on any atom is -0.211 e. The van der Waals surface area contributed by atoms with Crippen LogP contribution in [0.3, 0.4) is 0 Å². The van der Waals surface area contributed by atoms with E-state index in [0.717, 1.165) is 19.3 Å². The predicted molar refractivity (Wildman–Crippen MR) is 77.7 cm³/mol. The number of rotatable bonds is 5. The molecule has 1 N–H and O–H groups in total. The molecule has 1 aliphatic rings. The number of aryl methyl sites for hydroxylation is 1. The Hall–Kier alpha value is -1.38. The van der Waals surface area contributed by atoms with Crippen molar-refractivity contribution in [1.82, 2.24) is 4.72 Å². The maximum absolute atomic E-state index is 12.4. The predicted octanol–water partition coefficient (Wildman–Crippen LogP) is 2.73. The summed E-state index contributed by atoms with van der Waals surface area (Å²) in [6, 6.07) is 6.73. The average Bonchev–Trinajstić information content (AvgIpc) is 2.38. The van der Waals surface area contributed by atoms with E-state index in [1.54, 1.807) is 19.1 Å². The van der Waals surface area contributed by atoms with Crippen LogP contribution in [-0.2, 0) is 10.0 Å². The molecule has 1 fully saturated rings. The van der Waals surface area contributed by atoms with Gasteiger partial charge in [0.25, 0.3) is 0 Å². The summed E-state index contributed by atoms with van der Waals surface area (Å²) in [5.41, 5.74) is 1.16. The van der Waals surface area contributed by atoms with E-state index in [1.165, 1.54) is 12.5 Å². The van der Waals surface area contributed by atoms with Crippen LogP contribution >= 0.6 is 0 Å². The van der Waals surface area contributed by atoms with Crippen LogP contribution in [-0.4, -0.2) is 15.0 Å². The number of hydrogen-bond donors (Lipinski definition) is 1. The van der Waals surface area contributed by atoms with Crippen molar-refractivity contribution in [3.8, 4) is 6.07 Å². The molecule has 108 valence electrons. The summed E-state index contributed by atoms with van der Waals surface area (Å²) in [4.78, 5) is 0.210. The highest BCUT2D eigenvalue weighted by Crippen LogP contribution is 2.43. The Kier molecular flexibility index (Phi) is 4.17. The van der Waals surface area contributed by atoms with Crippen LogP contribution < -0.4 is 4.72 Å². The van der Waals surface area contributed by atoms with Gasteiger partial charge in [-0.3, -0.25) is 0 Å². The van der Waals surface area contributed by atoms with E-state index in [9.17, 15) is 8.42 Å². The lowest BCUT2D eigenvalue weighted by Crippen LogP contribution is -2.41. The molecule has 0 amide bonds. The van der Waals surface area contributed by atoms with E-state index in [-0.39, 0.29) is 10.3 Å². The summed E-state index contributed by atoms with van der Waals surface area (Å²) >= 11 is 0. The Labute approximate surface area is 120 Å². The van der Waals surface area contributed by atoms with Gasteiger partial charge in [-0.2, -0.15) is 5.26 Å². The molecule has 1 aromatic rings. The van der Waals surface area contributed by atoms with Gasteiger partial charge in [0, 0.05) is 6.54 Å². The number of hydrogen-bond acceptors (Lipinski definition) is 3. The van der Waals surface area contributed by atoms with Crippen LogP contribution in [0.25, 0.3) is 0 Å². The Morgan fingerprint density at radius 2 is 2.10 bits per heavy atom. The minimum absolute atomic E-state index is 0.133. The third-order valence-corrected chi connectivity index (χ3v) is 5.95. The average molecular weight is 292 g/mol. The molecule has 0 saturated heterocycles. The molecular formula is C15H20N2O2S. The van der Waals surface area contributed by atoms with Crippen molar-refractivity contribution in [2.24, 2.45) is 5.41 Å². The smallest absolute Gasteiger partial charge is 0.211 e. The van der Waals surface area contributed by atoms with Gasteiger partial charge in [-0.25, -0.2) is 13.1 Å². The van der Waals surface area contributed by atoms with Gasteiger partial charge in [-0.05, 0) is 49.3 Å². The molecule has 0 aliphatic heterocycles. The highest BCUT2D eigenvalue weighted by molar-refractivity contribution is 7.89. The third kappa shape index (κ3) is 2.87. The lowest BCUT2D eigenvalue weighted by molar-refractivity contribution is 0.133. The molecule has 20 heavy (non-hydrogen) atoms. The zero-order chi connectivity index (χ0) is 14.8. The summed E-state index contributed by atoms with van der Waals surface area (Å²) in [5.74, 6) is 0. The van der Waals surface area contributed by atoms with Crippen LogP contribution in [0.1, 0.15) is 43.7 Å². The first kappa shape index (κ1) is 15.0. The van der Waals surface area contributed by atoms with E-state index in [1.807, 2.05) is 6.07 Å². The van der Waals surface area contributed by atoms with Crippen LogP contribution in [0.5, 0.6) is 0 Å². The highest BCUT2D eigenvalue weighted by Gasteiger charge is 2.36. The summed E-state index contributed by atoms with van der Waals surface area (Å²) in [6.07, 6.45) is 4.34. The highest BCUT2D eigenvalue weighted by atomic mass is 32.2. The van der Waals surface area contributed by atoms with Gasteiger partial charge in [0.1, 0.15) is 0 Å². The Morgan fingerprint density at radius 1 is 1.40 bits per heavy atom. The Balaban J connectivity index is 2.20. The van der Waals surface area contributed by atoms with E-state index < -0.39 is 10.0 Å². The molecule has 0 radical (unpaired) electrons. The summed E-state index contributed by atoms with van der Waals surface area (Å²) < 4.78 is 27.5. The van der Waals surface area contributed by atoms with E-state index >= 15 is 0 Å². The SMILES string of the molecule is CCC1(CNS(=O)(=O)c2cc(C#N)ccc2C)CCC1. The molecule has 0 aromatic heterocycles. The second kappa shape index (κ2) is 5.55. The van der Waals surface area contributed by atoms with Crippen molar-refractivity contribution in [2.45, 2.75) is 44.4 Å². The number of nitriles is 1. The zero-order valence-electron chi connectivity index (χ0n) is 11.9. The molecule has 1 aliphatic carbocycles. The Morgan fingerprint density at radius 3 is 2.60 bits per heavy atom. The first-order chi connectivity index (χ1) is 9.42. The van der Waals surface area contributed by atoms with Gasteiger partial charge < -0.3 is 0 Å². The van der Waals surface area contributed by atoms with Gasteiger partial charge in [-0.15, -0.1) is 0 Å². The Bertz CT molecular complexity index is 635. The molecule has 0 heterocycles. The molecule has 5 heteroatoms. The molecule has 0 spiro atoms. The molecular weight excluding hydrogens is 272 g/mol. The fourth-order valence-electron chi connectivity index (χ4n) is 2.62. The lowest BCUT2D eigenvalue weighted by Gasteiger charge is -2.41. The lowest BCUT2D eigenvalue weighted by atomic mass is 9.67. The topological polar surface area (TPSA) is 70.0 Å². The van der Waals surface area contributed by atoms with Gasteiger partial charge in [0.15, 0.2) is 0 Å². The molecule has 0 bridgehead atoms. The molecule has 2 rings (SSSR count). The van der Waals surface area contributed by atoms with Crippen molar-refractivity contribution < 1.29 is 8.42 Å². The maximum Gasteiger partial charge on any atom is 0.240 e. The maximum atomic E-state index is 12.4. The first-order valence-corrected chi connectivity index (χ1v) is 8.41. The molecule has 0 unspecified atom stereocenters. The van der Waals surface area contributed by atoms with E-state index in [4.69, 9.17) is 5.26 Å². The molecule has 4 nitrogen and oxygen atoms in total. The standard InChI is InChI=1S/C15H20N2O2S/c1-3-15(7-4-8-15)11-17-20(18,19)14-9-13(10-16)6-5-12(14)2/h5-6,9,17H,3-4,7-8,11H2,1-2H3. The number of sulfonamides is 1. The number of nitrogens with one attached hydrogen (secondary N) is 1. The summed E-state index contributed by atoms with van der Waals surface area (Å²) in [5, 5.41) is 8.90. The van der Waals surface area contributed by atoms with Crippen LogP contribution in [0.2, 0.25) is 0 Å². The quantitative estimate of drug-likeness (QED) is 0.907. The van der Waals surface area contributed by atoms with Crippen molar-refractivity contribution >= 4 is 10.0 Å². The second-order valence-corrected chi connectivity index (χ2v) is 7.36. The van der Waals surface area contributed by atoms with Crippen LogP contribution in [0, 0.1) is 23.7 Å². The van der Waals surface area contributed by atoms with E-state index in [2.05, 4.69) is 11.6 Å². The summed E-state index contributed by atoms with van der Waals surface area (Å²) in [6.45, 7) is 4.34. The van der Waals surface area contributed by atoms with Crippen molar-refractivity contribution in [3.63, 3.8) is 0 Å². The van der Waals surface area contributed by atoms with Gasteiger partial charge >= 0.3 is 0 Å². The largest absolute Gasteiger partial charge is 0.240 e. The van der Waals surface area contributed by atoms with Crippen molar-refractivity contribution in [2.75, 3.05) is 6.54 Å². The second-order valence-electron chi connectivity index (χ2n) is 5.62. The summed E-state index contributed by atoms with van der Waals surface area (Å²) in [7, 11) is -3.54. The fourth-order valence-corrected chi connectivity index (χ4v) is 4.04. The molecule has 0 atom stereocenters. The fraction of sp³-hybridized carbons (Fsp3) is 0.533. The van der Waals surface area contributed by atoms with Crippen molar-refractivity contribution in [3.05, 3.63) is 29.3 Å². The molecule has 1 saturated carbocycles. The minimum atomic E-state index is -3.54. The molecule has 1 aromatic carbocycles. The van der Waals surface area contributed by atoms with Crippen LogP contribution in [0.4, 0.5) is 0 Å². The van der Waals surface area contributed by atoms with E-state index in [0.29, 0.717) is 17.7 Å². The van der Waals surface area contributed by atoms with Crippen LogP contribution in [0.15, 0.2) is 23.1 Å². The van der Waals surface area contributed by atoms with Gasteiger partial charge in [0.2, 0.25) is 10.0 Å². The first-order valence-electron chi connectivity index (χ1n) is 6.93. The number of nitrogens with zero attached hydrogens (tertiary/aromatic N) is 1. The zero-order valence-corrected chi connectivity index (χ0v) is 12.8. The van der Waals surface area contributed by atoms with Crippen molar-refractivity contribution in [1.29, 1.82) is 5.26 Å². The normalized spacial score (nSPS) is 17.2. The van der Waals surface area contributed by atoms with Gasteiger partial charge in [-0.1, -0.05) is 19.4 Å². The third-order valence-electron chi connectivity index (χ3n) is 4.41.